The fraction of sp³-hybridized carbons (Fsp3) is 0.316. The van der Waals surface area contributed by atoms with Gasteiger partial charge in [0.05, 0.1) is 36.6 Å². The molecule has 0 bridgehead atoms. The third-order valence-corrected chi connectivity index (χ3v) is 4.99. The van der Waals surface area contributed by atoms with Crippen LogP contribution in [0.1, 0.15) is 0 Å². The van der Waals surface area contributed by atoms with E-state index in [1.807, 2.05) is 24.3 Å². The first-order valence-electron chi connectivity index (χ1n) is 8.80. The van der Waals surface area contributed by atoms with Crippen LogP contribution in [0.2, 0.25) is 0 Å². The van der Waals surface area contributed by atoms with Gasteiger partial charge in [-0.25, -0.2) is 0 Å². The van der Waals surface area contributed by atoms with E-state index in [0.717, 1.165) is 37.6 Å². The molecule has 0 saturated carbocycles. The van der Waals surface area contributed by atoms with Gasteiger partial charge in [0.15, 0.2) is 5.11 Å². The number of methoxy groups -OCH3 is 2. The minimum Gasteiger partial charge on any atom is -0.495 e. The molecule has 1 fully saturated rings. The van der Waals surface area contributed by atoms with Crippen LogP contribution in [0, 0.1) is 10.1 Å². The minimum absolute atomic E-state index is 0.0289. The number of thiocarbonyl (C=S) groups is 1. The van der Waals surface area contributed by atoms with Crippen molar-refractivity contribution in [1.29, 1.82) is 0 Å². The van der Waals surface area contributed by atoms with Crippen molar-refractivity contribution in [2.45, 2.75) is 0 Å². The second-order valence-corrected chi connectivity index (χ2v) is 6.60. The Bertz CT molecular complexity index is 869. The second kappa shape index (κ2) is 8.75. The van der Waals surface area contributed by atoms with E-state index in [-0.39, 0.29) is 5.69 Å². The average molecular weight is 402 g/mol. The van der Waals surface area contributed by atoms with Gasteiger partial charge in [-0.05, 0) is 30.4 Å². The molecule has 0 amide bonds. The van der Waals surface area contributed by atoms with E-state index in [0.29, 0.717) is 16.5 Å². The molecule has 28 heavy (non-hydrogen) atoms. The topological polar surface area (TPSA) is 80.1 Å². The first kappa shape index (κ1) is 19.7. The lowest BCUT2D eigenvalue weighted by Gasteiger charge is -2.37. The Labute approximate surface area is 168 Å². The summed E-state index contributed by atoms with van der Waals surface area (Å²) >= 11 is 5.53. The van der Waals surface area contributed by atoms with Crippen molar-refractivity contribution in [3.63, 3.8) is 0 Å². The zero-order chi connectivity index (χ0) is 20.1. The number of para-hydroxylation sites is 2. The predicted octanol–water partition coefficient (Wildman–Crippen LogP) is 3.13. The summed E-state index contributed by atoms with van der Waals surface area (Å²) in [5.74, 6) is 1.23. The third kappa shape index (κ3) is 4.25. The number of nitro groups is 1. The minimum atomic E-state index is -0.457. The maximum atomic E-state index is 10.9. The molecule has 1 aliphatic heterocycles. The number of nitrogens with one attached hydrogen (secondary N) is 1. The molecule has 1 aliphatic rings. The highest BCUT2D eigenvalue weighted by atomic mass is 32.1. The first-order valence-corrected chi connectivity index (χ1v) is 9.20. The molecular weight excluding hydrogens is 380 g/mol. The zero-order valence-electron chi connectivity index (χ0n) is 15.8. The van der Waals surface area contributed by atoms with Crippen LogP contribution in [-0.2, 0) is 0 Å². The van der Waals surface area contributed by atoms with E-state index in [4.69, 9.17) is 21.7 Å². The molecule has 1 saturated heterocycles. The Balaban J connectivity index is 1.64. The predicted molar refractivity (Wildman–Crippen MR) is 113 cm³/mol. The van der Waals surface area contributed by atoms with Gasteiger partial charge in [0, 0.05) is 32.2 Å². The second-order valence-electron chi connectivity index (χ2n) is 6.22. The Hall–Kier alpha value is -3.07. The molecule has 8 nitrogen and oxygen atoms in total. The van der Waals surface area contributed by atoms with Gasteiger partial charge in [0.2, 0.25) is 0 Å². The van der Waals surface area contributed by atoms with Gasteiger partial charge in [-0.1, -0.05) is 12.1 Å². The Morgan fingerprint density at radius 2 is 1.75 bits per heavy atom. The van der Waals surface area contributed by atoms with Crippen LogP contribution in [0.3, 0.4) is 0 Å². The van der Waals surface area contributed by atoms with Crippen molar-refractivity contribution in [2.75, 3.05) is 50.6 Å². The van der Waals surface area contributed by atoms with Gasteiger partial charge in [0.1, 0.15) is 11.5 Å². The molecule has 0 aromatic heterocycles. The summed E-state index contributed by atoms with van der Waals surface area (Å²) in [4.78, 5) is 14.8. The number of rotatable bonds is 5. The molecule has 2 aromatic rings. The lowest BCUT2D eigenvalue weighted by Crippen LogP contribution is -2.50. The Kier molecular flexibility index (Phi) is 6.15. The maximum Gasteiger partial charge on any atom is 0.273 e. The SMILES string of the molecule is COc1cc([N+](=O)[O-])ccc1NC(=S)N1CCN(c2ccccc2OC)CC1. The summed E-state index contributed by atoms with van der Waals surface area (Å²) in [5, 5.41) is 14.6. The number of hydrogen-bond acceptors (Lipinski definition) is 6. The highest BCUT2D eigenvalue weighted by Crippen LogP contribution is 2.30. The van der Waals surface area contributed by atoms with E-state index in [1.165, 1.54) is 19.2 Å². The van der Waals surface area contributed by atoms with Crippen LogP contribution in [0.4, 0.5) is 17.1 Å². The van der Waals surface area contributed by atoms with Crippen molar-refractivity contribution >= 4 is 34.4 Å². The summed E-state index contributed by atoms with van der Waals surface area (Å²) < 4.78 is 10.7. The molecule has 0 spiro atoms. The number of hydrogen-bond donors (Lipinski definition) is 1. The van der Waals surface area contributed by atoms with Crippen LogP contribution >= 0.6 is 12.2 Å². The average Bonchev–Trinajstić information content (AvgIpc) is 2.73. The van der Waals surface area contributed by atoms with Crippen molar-refractivity contribution in [1.82, 2.24) is 4.90 Å². The number of nitro benzene ring substituents is 1. The summed E-state index contributed by atoms with van der Waals surface area (Å²) in [6.45, 7) is 3.11. The van der Waals surface area contributed by atoms with Gasteiger partial charge in [-0.15, -0.1) is 0 Å². The smallest absolute Gasteiger partial charge is 0.273 e. The quantitative estimate of drug-likeness (QED) is 0.464. The van der Waals surface area contributed by atoms with Crippen LogP contribution in [-0.4, -0.2) is 55.3 Å². The van der Waals surface area contributed by atoms with Gasteiger partial charge in [-0.2, -0.15) is 0 Å². The molecule has 0 unspecified atom stereocenters. The molecule has 148 valence electrons. The fourth-order valence-corrected chi connectivity index (χ4v) is 3.42. The molecule has 0 radical (unpaired) electrons. The molecule has 9 heteroatoms. The van der Waals surface area contributed by atoms with E-state index < -0.39 is 4.92 Å². The number of non-ortho nitro benzene ring substituents is 1. The summed E-state index contributed by atoms with van der Waals surface area (Å²) in [6.07, 6.45) is 0. The number of ether oxygens (including phenoxy) is 2. The number of piperazine rings is 1. The molecule has 2 aromatic carbocycles. The summed E-state index contributed by atoms with van der Waals surface area (Å²) in [6, 6.07) is 12.4. The number of benzene rings is 2. The van der Waals surface area contributed by atoms with E-state index in [2.05, 4.69) is 15.1 Å². The Morgan fingerprint density at radius 3 is 2.39 bits per heavy atom. The number of nitrogens with zero attached hydrogens (tertiary/aromatic N) is 3. The molecule has 1 N–H and O–H groups in total. The lowest BCUT2D eigenvalue weighted by molar-refractivity contribution is -0.384. The highest BCUT2D eigenvalue weighted by molar-refractivity contribution is 7.80. The van der Waals surface area contributed by atoms with Crippen LogP contribution < -0.4 is 19.7 Å². The van der Waals surface area contributed by atoms with Crippen molar-refractivity contribution < 1.29 is 14.4 Å². The summed E-state index contributed by atoms with van der Waals surface area (Å²) in [7, 11) is 3.14. The Morgan fingerprint density at radius 1 is 1.07 bits per heavy atom. The van der Waals surface area contributed by atoms with Crippen molar-refractivity contribution in [2.24, 2.45) is 0 Å². The normalized spacial score (nSPS) is 13.8. The zero-order valence-corrected chi connectivity index (χ0v) is 16.6. The summed E-state index contributed by atoms with van der Waals surface area (Å²) in [5.41, 5.74) is 1.64. The van der Waals surface area contributed by atoms with Gasteiger partial charge >= 0.3 is 0 Å². The van der Waals surface area contributed by atoms with Gasteiger partial charge < -0.3 is 24.6 Å². The molecule has 0 aliphatic carbocycles. The number of anilines is 2. The van der Waals surface area contributed by atoms with Crippen LogP contribution in [0.5, 0.6) is 11.5 Å². The standard InChI is InChI=1S/C19H22N4O4S/c1-26-17-6-4-3-5-16(17)21-9-11-22(12-10-21)19(28)20-15-8-7-14(23(24)25)13-18(15)27-2/h3-8,13H,9-12H2,1-2H3,(H,20,28). The largest absolute Gasteiger partial charge is 0.495 e. The van der Waals surface area contributed by atoms with E-state index in [1.54, 1.807) is 13.2 Å². The van der Waals surface area contributed by atoms with Crippen LogP contribution in [0.25, 0.3) is 0 Å². The lowest BCUT2D eigenvalue weighted by atomic mass is 10.2. The molecule has 0 atom stereocenters. The van der Waals surface area contributed by atoms with Crippen molar-refractivity contribution in [3.05, 3.63) is 52.6 Å². The first-order chi connectivity index (χ1) is 13.5. The monoisotopic (exact) mass is 402 g/mol. The molecule has 1 heterocycles. The molecule has 3 rings (SSSR count). The third-order valence-electron chi connectivity index (χ3n) is 4.63. The fourth-order valence-electron chi connectivity index (χ4n) is 3.13. The van der Waals surface area contributed by atoms with E-state index in [9.17, 15) is 10.1 Å². The van der Waals surface area contributed by atoms with E-state index >= 15 is 0 Å². The van der Waals surface area contributed by atoms with Crippen LogP contribution in [0.15, 0.2) is 42.5 Å². The van der Waals surface area contributed by atoms with Gasteiger partial charge in [0.25, 0.3) is 5.69 Å². The maximum absolute atomic E-state index is 10.9. The van der Waals surface area contributed by atoms with Gasteiger partial charge in [-0.3, -0.25) is 10.1 Å². The highest BCUT2D eigenvalue weighted by Gasteiger charge is 2.22. The van der Waals surface area contributed by atoms with Crippen molar-refractivity contribution in [3.8, 4) is 11.5 Å². The molecular formula is C19H22N4O4S.